The number of rotatable bonds is 8. The van der Waals surface area contributed by atoms with Crippen molar-refractivity contribution in [1.82, 2.24) is 24.9 Å². The molecule has 0 aromatic carbocycles. The number of carbonyl (C=O) groups excluding carboxylic acids is 1. The summed E-state index contributed by atoms with van der Waals surface area (Å²) in [5, 5.41) is 22.2. The van der Waals surface area contributed by atoms with E-state index >= 15 is 0 Å². The van der Waals surface area contributed by atoms with Gasteiger partial charge in [-0.3, -0.25) is 24.3 Å². The second-order valence-electron chi connectivity index (χ2n) is 5.77. The Labute approximate surface area is 139 Å². The van der Waals surface area contributed by atoms with Gasteiger partial charge in [0.05, 0.1) is 17.4 Å². The van der Waals surface area contributed by atoms with Gasteiger partial charge in [-0.2, -0.15) is 10.2 Å². The third kappa shape index (κ3) is 4.18. The van der Waals surface area contributed by atoms with Crippen LogP contribution in [0.5, 0.6) is 0 Å². The van der Waals surface area contributed by atoms with Crippen molar-refractivity contribution in [2.24, 2.45) is 5.92 Å². The Bertz CT molecular complexity index is 707. The first-order valence-corrected chi connectivity index (χ1v) is 7.83. The van der Waals surface area contributed by atoms with Crippen LogP contribution in [0, 0.1) is 29.9 Å². The van der Waals surface area contributed by atoms with Crippen LogP contribution in [0.3, 0.4) is 0 Å². The van der Waals surface area contributed by atoms with E-state index in [2.05, 4.69) is 15.5 Å². The number of nitro groups is 1. The predicted octanol–water partition coefficient (Wildman–Crippen LogP) is 1.45. The van der Waals surface area contributed by atoms with Crippen molar-refractivity contribution in [2.75, 3.05) is 6.54 Å². The van der Waals surface area contributed by atoms with Gasteiger partial charge in [0.2, 0.25) is 5.91 Å². The lowest BCUT2D eigenvalue weighted by Crippen LogP contribution is -2.33. The lowest BCUT2D eigenvalue weighted by atomic mass is 10.1. The Balaban J connectivity index is 1.83. The Morgan fingerprint density at radius 3 is 2.79 bits per heavy atom. The van der Waals surface area contributed by atoms with Crippen molar-refractivity contribution >= 4 is 11.6 Å². The van der Waals surface area contributed by atoms with Gasteiger partial charge in [-0.05, 0) is 26.3 Å². The Kier molecular flexibility index (Phi) is 5.67. The third-order valence-electron chi connectivity index (χ3n) is 3.84. The zero-order valence-electron chi connectivity index (χ0n) is 14.1. The number of aryl methyl sites for hydroxylation is 2. The standard InChI is InChI=1S/C15H22N6O3/c1-11(10-20-13(3)14(21(23)24)12(2)18-20)15(22)16-6-4-8-19-9-5-7-17-19/h5,7,9,11H,4,6,8,10H2,1-3H3,(H,16,22). The smallest absolute Gasteiger partial charge is 0.312 e. The summed E-state index contributed by atoms with van der Waals surface area (Å²) in [7, 11) is 0. The molecule has 0 spiro atoms. The molecule has 9 heteroatoms. The molecule has 0 radical (unpaired) electrons. The molecule has 1 unspecified atom stereocenters. The molecule has 0 saturated heterocycles. The number of aromatic nitrogens is 4. The monoisotopic (exact) mass is 334 g/mol. The summed E-state index contributed by atoms with van der Waals surface area (Å²) in [5.41, 5.74) is 0.849. The molecule has 9 nitrogen and oxygen atoms in total. The average molecular weight is 334 g/mol. The molecular formula is C15H22N6O3. The van der Waals surface area contributed by atoms with Crippen molar-refractivity contribution in [3.8, 4) is 0 Å². The van der Waals surface area contributed by atoms with E-state index in [-0.39, 0.29) is 17.5 Å². The van der Waals surface area contributed by atoms with E-state index in [1.54, 1.807) is 27.0 Å². The molecule has 2 aromatic heterocycles. The van der Waals surface area contributed by atoms with E-state index in [1.165, 1.54) is 4.68 Å². The summed E-state index contributed by atoms with van der Waals surface area (Å²) in [6, 6.07) is 1.86. The topological polar surface area (TPSA) is 108 Å². The molecule has 0 fully saturated rings. The van der Waals surface area contributed by atoms with Gasteiger partial charge in [0.1, 0.15) is 11.4 Å². The lowest BCUT2D eigenvalue weighted by molar-refractivity contribution is -0.386. The normalized spacial score (nSPS) is 12.1. The fourth-order valence-corrected chi connectivity index (χ4v) is 2.53. The van der Waals surface area contributed by atoms with Crippen LogP contribution < -0.4 is 5.32 Å². The van der Waals surface area contributed by atoms with Crippen LogP contribution in [0.15, 0.2) is 18.5 Å². The molecule has 1 atom stereocenters. The quantitative estimate of drug-likeness (QED) is 0.446. The largest absolute Gasteiger partial charge is 0.356 e. The van der Waals surface area contributed by atoms with Gasteiger partial charge < -0.3 is 5.32 Å². The van der Waals surface area contributed by atoms with Gasteiger partial charge in [-0.15, -0.1) is 0 Å². The molecule has 0 aliphatic heterocycles. The first-order valence-electron chi connectivity index (χ1n) is 7.83. The average Bonchev–Trinajstić information content (AvgIpc) is 3.12. The SMILES string of the molecule is Cc1nn(CC(C)C(=O)NCCCn2cccn2)c(C)c1[N+](=O)[O-]. The first-order chi connectivity index (χ1) is 11.4. The van der Waals surface area contributed by atoms with Gasteiger partial charge in [0, 0.05) is 25.5 Å². The third-order valence-corrected chi connectivity index (χ3v) is 3.84. The highest BCUT2D eigenvalue weighted by atomic mass is 16.6. The number of hydrogen-bond donors (Lipinski definition) is 1. The summed E-state index contributed by atoms with van der Waals surface area (Å²) in [6.45, 7) is 6.64. The van der Waals surface area contributed by atoms with Crippen LogP contribution in [0.25, 0.3) is 0 Å². The molecule has 24 heavy (non-hydrogen) atoms. The fourth-order valence-electron chi connectivity index (χ4n) is 2.53. The van der Waals surface area contributed by atoms with E-state index in [1.807, 2.05) is 16.9 Å². The number of carbonyl (C=O) groups is 1. The summed E-state index contributed by atoms with van der Waals surface area (Å²) in [6.07, 6.45) is 4.37. The molecule has 130 valence electrons. The molecule has 1 N–H and O–H groups in total. The van der Waals surface area contributed by atoms with Crippen LogP contribution in [-0.2, 0) is 17.9 Å². The van der Waals surface area contributed by atoms with Crippen LogP contribution in [0.2, 0.25) is 0 Å². The molecule has 0 aliphatic carbocycles. The number of amides is 1. The van der Waals surface area contributed by atoms with Gasteiger partial charge in [-0.25, -0.2) is 0 Å². The molecular weight excluding hydrogens is 312 g/mol. The minimum atomic E-state index is -0.436. The highest BCUT2D eigenvalue weighted by molar-refractivity contribution is 5.78. The molecule has 2 aromatic rings. The summed E-state index contributed by atoms with van der Waals surface area (Å²) in [4.78, 5) is 22.7. The molecule has 2 rings (SSSR count). The Morgan fingerprint density at radius 1 is 1.46 bits per heavy atom. The maximum absolute atomic E-state index is 12.1. The van der Waals surface area contributed by atoms with Gasteiger partial charge in [-0.1, -0.05) is 6.92 Å². The molecule has 1 amide bonds. The van der Waals surface area contributed by atoms with Crippen molar-refractivity contribution in [2.45, 2.75) is 40.3 Å². The number of hydrogen-bond acceptors (Lipinski definition) is 5. The van der Waals surface area contributed by atoms with Crippen LogP contribution in [0.1, 0.15) is 24.7 Å². The van der Waals surface area contributed by atoms with E-state index in [9.17, 15) is 14.9 Å². The zero-order chi connectivity index (χ0) is 17.7. The first kappa shape index (κ1) is 17.6. The summed E-state index contributed by atoms with van der Waals surface area (Å²) in [5.74, 6) is -0.419. The van der Waals surface area contributed by atoms with E-state index in [4.69, 9.17) is 0 Å². The minimum Gasteiger partial charge on any atom is -0.356 e. The summed E-state index contributed by atoms with van der Waals surface area (Å²) < 4.78 is 3.34. The van der Waals surface area contributed by atoms with Crippen molar-refractivity contribution in [1.29, 1.82) is 0 Å². The van der Waals surface area contributed by atoms with E-state index in [0.29, 0.717) is 24.5 Å². The maximum Gasteiger partial charge on any atom is 0.312 e. The number of nitrogens with zero attached hydrogens (tertiary/aromatic N) is 5. The van der Waals surface area contributed by atoms with Crippen LogP contribution in [-0.4, -0.2) is 36.9 Å². The van der Waals surface area contributed by atoms with Gasteiger partial charge in [0.15, 0.2) is 0 Å². The fraction of sp³-hybridized carbons (Fsp3) is 0.533. The van der Waals surface area contributed by atoms with E-state index in [0.717, 1.165) is 13.0 Å². The summed E-state index contributed by atoms with van der Waals surface area (Å²) >= 11 is 0. The molecule has 0 aliphatic rings. The second kappa shape index (κ2) is 7.71. The second-order valence-corrected chi connectivity index (χ2v) is 5.77. The Hall–Kier alpha value is -2.71. The van der Waals surface area contributed by atoms with Crippen molar-refractivity contribution < 1.29 is 9.72 Å². The molecule has 2 heterocycles. The van der Waals surface area contributed by atoms with Crippen LogP contribution in [0.4, 0.5) is 5.69 Å². The van der Waals surface area contributed by atoms with Gasteiger partial charge >= 0.3 is 5.69 Å². The predicted molar refractivity (Wildman–Crippen MR) is 87.4 cm³/mol. The highest BCUT2D eigenvalue weighted by Gasteiger charge is 2.23. The maximum atomic E-state index is 12.1. The van der Waals surface area contributed by atoms with Gasteiger partial charge in [0.25, 0.3) is 0 Å². The van der Waals surface area contributed by atoms with Crippen molar-refractivity contribution in [3.05, 3.63) is 40.0 Å². The zero-order valence-corrected chi connectivity index (χ0v) is 14.1. The molecule has 0 saturated carbocycles. The van der Waals surface area contributed by atoms with E-state index < -0.39 is 4.92 Å². The lowest BCUT2D eigenvalue weighted by Gasteiger charge is -2.13. The number of nitrogens with one attached hydrogen (secondary N) is 1. The highest BCUT2D eigenvalue weighted by Crippen LogP contribution is 2.22. The molecule has 0 bridgehead atoms. The minimum absolute atomic E-state index is 0.0156. The van der Waals surface area contributed by atoms with Crippen molar-refractivity contribution in [3.63, 3.8) is 0 Å². The van der Waals surface area contributed by atoms with Crippen LogP contribution >= 0.6 is 0 Å². The Morgan fingerprint density at radius 2 is 2.21 bits per heavy atom.